The van der Waals surface area contributed by atoms with Gasteiger partial charge >= 0.3 is 12.0 Å². The van der Waals surface area contributed by atoms with Gasteiger partial charge in [0.2, 0.25) is 0 Å². The van der Waals surface area contributed by atoms with Crippen LogP contribution in [0.15, 0.2) is 24.3 Å². The Morgan fingerprint density at radius 3 is 2.38 bits per heavy atom. The van der Waals surface area contributed by atoms with Crippen molar-refractivity contribution in [2.24, 2.45) is 5.92 Å². The first kappa shape index (κ1) is 16.9. The second-order valence-corrected chi connectivity index (χ2v) is 5.02. The molecule has 0 aliphatic rings. The molecule has 0 bridgehead atoms. The van der Waals surface area contributed by atoms with Crippen LogP contribution in [0.25, 0.3) is 0 Å². The molecule has 1 aromatic carbocycles. The topological polar surface area (TPSA) is 67.4 Å². The van der Waals surface area contributed by atoms with Crippen molar-refractivity contribution in [3.63, 3.8) is 0 Å². The molecule has 1 rings (SSSR count). The summed E-state index contributed by atoms with van der Waals surface area (Å²) in [4.78, 5) is 23.2. The van der Waals surface area contributed by atoms with Crippen molar-refractivity contribution in [3.05, 3.63) is 35.6 Å². The fourth-order valence-electron chi connectivity index (χ4n) is 1.79. The van der Waals surface area contributed by atoms with Gasteiger partial charge in [-0.2, -0.15) is 0 Å². The number of amides is 2. The molecule has 0 saturated heterocycles. The van der Waals surface area contributed by atoms with E-state index in [0.29, 0.717) is 13.0 Å². The van der Waals surface area contributed by atoms with Gasteiger partial charge in [0.1, 0.15) is 11.9 Å². The van der Waals surface area contributed by atoms with E-state index in [4.69, 9.17) is 0 Å². The van der Waals surface area contributed by atoms with Crippen LogP contribution < -0.4 is 10.6 Å². The first-order chi connectivity index (χ1) is 9.93. The van der Waals surface area contributed by atoms with Gasteiger partial charge in [-0.25, -0.2) is 14.0 Å². The van der Waals surface area contributed by atoms with Crippen molar-refractivity contribution in [3.8, 4) is 0 Å². The third-order valence-electron chi connectivity index (χ3n) is 3.02. The lowest BCUT2D eigenvalue weighted by Gasteiger charge is -2.20. The fraction of sp³-hybridized carbons (Fsp3) is 0.467. The highest BCUT2D eigenvalue weighted by Gasteiger charge is 2.24. The monoisotopic (exact) mass is 296 g/mol. The summed E-state index contributed by atoms with van der Waals surface area (Å²) in [6.45, 7) is 4.03. The van der Waals surface area contributed by atoms with Crippen LogP contribution in [-0.4, -0.2) is 31.7 Å². The summed E-state index contributed by atoms with van der Waals surface area (Å²) in [5.74, 6) is -0.832. The van der Waals surface area contributed by atoms with Crippen molar-refractivity contribution >= 4 is 12.0 Å². The molecule has 0 radical (unpaired) electrons. The van der Waals surface area contributed by atoms with Gasteiger partial charge < -0.3 is 15.4 Å². The Morgan fingerprint density at radius 2 is 1.86 bits per heavy atom. The van der Waals surface area contributed by atoms with Gasteiger partial charge in [-0.05, 0) is 30.0 Å². The highest BCUT2D eigenvalue weighted by molar-refractivity contribution is 5.83. The molecule has 1 aromatic rings. The SMILES string of the molecule is COC(=O)[C@H](NC(=O)NCCc1ccc(F)cc1)C(C)C. The average Bonchev–Trinajstić information content (AvgIpc) is 2.45. The Balaban J connectivity index is 2.39. The highest BCUT2D eigenvalue weighted by Crippen LogP contribution is 2.04. The van der Waals surface area contributed by atoms with Crippen molar-refractivity contribution in [1.29, 1.82) is 0 Å². The van der Waals surface area contributed by atoms with Gasteiger partial charge in [0.15, 0.2) is 0 Å². The van der Waals surface area contributed by atoms with Crippen LogP contribution in [0.4, 0.5) is 9.18 Å². The smallest absolute Gasteiger partial charge is 0.328 e. The lowest BCUT2D eigenvalue weighted by molar-refractivity contribution is -0.143. The summed E-state index contributed by atoms with van der Waals surface area (Å²) >= 11 is 0. The summed E-state index contributed by atoms with van der Waals surface area (Å²) in [5.41, 5.74) is 0.921. The van der Waals surface area contributed by atoms with Gasteiger partial charge in [0.05, 0.1) is 7.11 Å². The largest absolute Gasteiger partial charge is 0.467 e. The summed E-state index contributed by atoms with van der Waals surface area (Å²) in [5, 5.41) is 5.24. The van der Waals surface area contributed by atoms with E-state index in [1.165, 1.54) is 19.2 Å². The van der Waals surface area contributed by atoms with Crippen LogP contribution in [0, 0.1) is 11.7 Å². The molecule has 2 amide bonds. The standard InChI is InChI=1S/C15H21FN2O3/c1-10(2)13(14(19)21-3)18-15(20)17-9-8-11-4-6-12(16)7-5-11/h4-7,10,13H,8-9H2,1-3H3,(H2,17,18,20)/t13-/m1/s1. The number of carbonyl (C=O) groups is 2. The van der Waals surface area contributed by atoms with Crippen LogP contribution >= 0.6 is 0 Å². The first-order valence-corrected chi connectivity index (χ1v) is 6.80. The molecule has 2 N–H and O–H groups in total. The van der Waals surface area contributed by atoms with Crippen LogP contribution in [0.5, 0.6) is 0 Å². The number of hydrogen-bond acceptors (Lipinski definition) is 3. The van der Waals surface area contributed by atoms with Crippen molar-refractivity contribution in [2.45, 2.75) is 26.3 Å². The second-order valence-electron chi connectivity index (χ2n) is 5.02. The van der Waals surface area contributed by atoms with Gasteiger partial charge in [0.25, 0.3) is 0 Å². The molecule has 0 spiro atoms. The Morgan fingerprint density at radius 1 is 1.24 bits per heavy atom. The average molecular weight is 296 g/mol. The molecule has 0 saturated carbocycles. The maximum Gasteiger partial charge on any atom is 0.328 e. The lowest BCUT2D eigenvalue weighted by Crippen LogP contribution is -2.49. The molecule has 0 aromatic heterocycles. The Labute approximate surface area is 123 Å². The number of hydrogen-bond donors (Lipinski definition) is 2. The Hall–Kier alpha value is -2.11. The van der Waals surface area contributed by atoms with Gasteiger partial charge in [-0.1, -0.05) is 26.0 Å². The number of carbonyl (C=O) groups excluding carboxylic acids is 2. The summed E-state index contributed by atoms with van der Waals surface area (Å²) in [7, 11) is 1.28. The van der Waals surface area contributed by atoms with E-state index in [1.54, 1.807) is 12.1 Å². The second kappa shape index (κ2) is 8.24. The molecule has 0 aliphatic carbocycles. The summed E-state index contributed by atoms with van der Waals surface area (Å²) in [6.07, 6.45) is 0.582. The van der Waals surface area contributed by atoms with E-state index in [0.717, 1.165) is 5.56 Å². The Bertz CT molecular complexity index is 474. The minimum atomic E-state index is -0.680. The quantitative estimate of drug-likeness (QED) is 0.787. The summed E-state index contributed by atoms with van der Waals surface area (Å²) < 4.78 is 17.4. The van der Waals surface area contributed by atoms with E-state index in [-0.39, 0.29) is 11.7 Å². The van der Waals surface area contributed by atoms with Crippen LogP contribution in [0.1, 0.15) is 19.4 Å². The van der Waals surface area contributed by atoms with Crippen LogP contribution in [0.2, 0.25) is 0 Å². The van der Waals surface area contributed by atoms with Gasteiger partial charge in [0, 0.05) is 6.54 Å². The fourth-order valence-corrected chi connectivity index (χ4v) is 1.79. The maximum absolute atomic E-state index is 12.7. The van der Waals surface area contributed by atoms with Crippen molar-refractivity contribution in [1.82, 2.24) is 10.6 Å². The number of rotatable bonds is 6. The molecule has 5 nitrogen and oxygen atoms in total. The third-order valence-corrected chi connectivity index (χ3v) is 3.02. The van der Waals surface area contributed by atoms with Crippen molar-refractivity contribution in [2.75, 3.05) is 13.7 Å². The predicted molar refractivity (Wildman–Crippen MR) is 77.3 cm³/mol. The molecule has 21 heavy (non-hydrogen) atoms. The zero-order valence-electron chi connectivity index (χ0n) is 12.5. The minimum absolute atomic E-state index is 0.0692. The molecule has 116 valence electrons. The molecular weight excluding hydrogens is 275 g/mol. The van der Waals surface area contributed by atoms with E-state index in [1.807, 2.05) is 13.8 Å². The molecule has 6 heteroatoms. The zero-order chi connectivity index (χ0) is 15.8. The molecule has 0 heterocycles. The number of benzene rings is 1. The molecular formula is C15H21FN2O3. The normalized spacial score (nSPS) is 11.9. The van der Waals surface area contributed by atoms with Crippen molar-refractivity contribution < 1.29 is 18.7 Å². The number of nitrogens with one attached hydrogen (secondary N) is 2. The van der Waals surface area contributed by atoms with E-state index >= 15 is 0 Å². The number of ether oxygens (including phenoxy) is 1. The number of esters is 1. The van der Waals surface area contributed by atoms with E-state index in [2.05, 4.69) is 15.4 Å². The third kappa shape index (κ3) is 5.81. The van der Waals surface area contributed by atoms with Crippen LogP contribution in [-0.2, 0) is 16.0 Å². The molecule has 0 aliphatic heterocycles. The van der Waals surface area contributed by atoms with Crippen LogP contribution in [0.3, 0.4) is 0 Å². The number of methoxy groups -OCH3 is 1. The Kier molecular flexibility index (Phi) is 6.65. The number of urea groups is 1. The van der Waals surface area contributed by atoms with Gasteiger partial charge in [-0.15, -0.1) is 0 Å². The molecule has 0 fully saturated rings. The number of halogens is 1. The first-order valence-electron chi connectivity index (χ1n) is 6.80. The zero-order valence-corrected chi connectivity index (χ0v) is 12.5. The minimum Gasteiger partial charge on any atom is -0.467 e. The van der Waals surface area contributed by atoms with Gasteiger partial charge in [-0.3, -0.25) is 0 Å². The molecule has 1 atom stereocenters. The summed E-state index contributed by atoms with van der Waals surface area (Å²) in [6, 6.07) is 4.98. The predicted octanol–water partition coefficient (Wildman–Crippen LogP) is 1.86. The maximum atomic E-state index is 12.7. The van der Waals surface area contributed by atoms with E-state index < -0.39 is 18.0 Å². The van der Waals surface area contributed by atoms with E-state index in [9.17, 15) is 14.0 Å². The lowest BCUT2D eigenvalue weighted by atomic mass is 10.1. The highest BCUT2D eigenvalue weighted by atomic mass is 19.1. The molecule has 0 unspecified atom stereocenters.